The molecule has 0 spiro atoms. The highest BCUT2D eigenvalue weighted by Gasteiger charge is 2.19. The summed E-state index contributed by atoms with van der Waals surface area (Å²) in [5.41, 5.74) is 0.971. The van der Waals surface area contributed by atoms with Crippen molar-refractivity contribution in [1.29, 1.82) is 0 Å². The van der Waals surface area contributed by atoms with Gasteiger partial charge in [-0.15, -0.1) is 0 Å². The molecule has 7 nitrogen and oxygen atoms in total. The van der Waals surface area contributed by atoms with E-state index >= 15 is 0 Å². The Kier molecular flexibility index (Phi) is 4.72. The highest BCUT2D eigenvalue weighted by Crippen LogP contribution is 2.20. The van der Waals surface area contributed by atoms with Crippen LogP contribution in [0.25, 0.3) is 11.3 Å². The van der Waals surface area contributed by atoms with Gasteiger partial charge in [0.1, 0.15) is 11.9 Å². The van der Waals surface area contributed by atoms with E-state index in [4.69, 9.17) is 8.94 Å². The van der Waals surface area contributed by atoms with Crippen LogP contribution in [0.4, 0.5) is 0 Å². The van der Waals surface area contributed by atoms with Crippen LogP contribution in [0, 0.1) is 0 Å². The molecule has 0 radical (unpaired) electrons. The van der Waals surface area contributed by atoms with Crippen LogP contribution in [0.2, 0.25) is 0 Å². The fourth-order valence-electron chi connectivity index (χ4n) is 2.32. The van der Waals surface area contributed by atoms with E-state index in [0.717, 1.165) is 5.56 Å². The Hall–Kier alpha value is -2.93. The third-order valence-electron chi connectivity index (χ3n) is 3.53. The van der Waals surface area contributed by atoms with E-state index in [1.807, 2.05) is 0 Å². The van der Waals surface area contributed by atoms with Gasteiger partial charge in [0.25, 0.3) is 5.91 Å². The lowest BCUT2D eigenvalue weighted by Gasteiger charge is -2.15. The summed E-state index contributed by atoms with van der Waals surface area (Å²) in [6.45, 7) is 1.80. The number of carbonyl (C=O) groups is 1. The van der Waals surface area contributed by atoms with E-state index in [2.05, 4.69) is 15.5 Å². The van der Waals surface area contributed by atoms with Gasteiger partial charge in [0.2, 0.25) is 0 Å². The van der Waals surface area contributed by atoms with Crippen LogP contribution >= 0.6 is 0 Å². The fourth-order valence-corrected chi connectivity index (χ4v) is 2.32. The van der Waals surface area contributed by atoms with E-state index < -0.39 is 6.10 Å². The molecule has 0 aliphatic heterocycles. The van der Waals surface area contributed by atoms with Crippen LogP contribution in [0.15, 0.2) is 57.9 Å². The molecule has 3 rings (SSSR count). The summed E-state index contributed by atoms with van der Waals surface area (Å²) in [6.07, 6.45) is 4.32. The summed E-state index contributed by atoms with van der Waals surface area (Å²) < 4.78 is 10.3. The molecule has 3 heterocycles. The van der Waals surface area contributed by atoms with Crippen LogP contribution in [-0.4, -0.2) is 27.2 Å². The molecule has 24 heavy (non-hydrogen) atoms. The van der Waals surface area contributed by atoms with Crippen LogP contribution < -0.4 is 5.32 Å². The molecule has 0 aromatic carbocycles. The molecular formula is C17H17N3O4. The topological polar surface area (TPSA) is 101 Å². The van der Waals surface area contributed by atoms with E-state index in [-0.39, 0.29) is 17.6 Å². The second kappa shape index (κ2) is 7.10. The van der Waals surface area contributed by atoms with Gasteiger partial charge in [-0.25, -0.2) is 0 Å². The average molecular weight is 327 g/mol. The van der Waals surface area contributed by atoms with Crippen molar-refractivity contribution in [3.8, 4) is 11.3 Å². The quantitative estimate of drug-likeness (QED) is 0.721. The molecule has 1 amide bonds. The zero-order valence-corrected chi connectivity index (χ0v) is 13.0. The smallest absolute Gasteiger partial charge is 0.273 e. The van der Waals surface area contributed by atoms with Gasteiger partial charge in [0, 0.05) is 36.5 Å². The van der Waals surface area contributed by atoms with E-state index in [1.54, 1.807) is 49.6 Å². The first-order chi connectivity index (χ1) is 11.6. The minimum absolute atomic E-state index is 0.182. The molecule has 124 valence electrons. The molecule has 0 aliphatic carbocycles. The maximum Gasteiger partial charge on any atom is 0.273 e. The largest absolute Gasteiger partial charge is 0.467 e. The standard InChI is InChI=1S/C17H17N3O4/c1-11(9-14(21)15-3-2-8-23-15)19-17(22)13-10-16(24-20-13)12-4-6-18-7-5-12/h2-8,10-11,14,21H,9H2,1H3,(H,19,22). The number of rotatable bonds is 6. The first-order valence-electron chi connectivity index (χ1n) is 7.53. The summed E-state index contributed by atoms with van der Waals surface area (Å²) in [6, 6.07) is 8.24. The van der Waals surface area contributed by atoms with Gasteiger partial charge in [-0.2, -0.15) is 0 Å². The summed E-state index contributed by atoms with van der Waals surface area (Å²) in [7, 11) is 0. The number of hydrogen-bond donors (Lipinski definition) is 2. The van der Waals surface area contributed by atoms with Gasteiger partial charge in [-0.3, -0.25) is 9.78 Å². The summed E-state index contributed by atoms with van der Waals surface area (Å²) in [4.78, 5) is 16.1. The zero-order chi connectivity index (χ0) is 16.9. The maximum absolute atomic E-state index is 12.2. The predicted octanol–water partition coefficient (Wildman–Crippen LogP) is 2.57. The highest BCUT2D eigenvalue weighted by atomic mass is 16.5. The number of amides is 1. The van der Waals surface area contributed by atoms with Crippen molar-refractivity contribution in [2.45, 2.75) is 25.5 Å². The second-order valence-corrected chi connectivity index (χ2v) is 5.45. The van der Waals surface area contributed by atoms with E-state index in [0.29, 0.717) is 17.9 Å². The number of aliphatic hydroxyl groups excluding tert-OH is 1. The molecule has 7 heteroatoms. The first kappa shape index (κ1) is 15.9. The Morgan fingerprint density at radius 1 is 1.33 bits per heavy atom. The van der Waals surface area contributed by atoms with E-state index in [1.165, 1.54) is 6.26 Å². The summed E-state index contributed by atoms with van der Waals surface area (Å²) >= 11 is 0. The van der Waals surface area contributed by atoms with Gasteiger partial charge in [-0.05, 0) is 31.2 Å². The summed E-state index contributed by atoms with van der Waals surface area (Å²) in [5.74, 6) is 0.599. The molecule has 3 aromatic rings. The van der Waals surface area contributed by atoms with Crippen molar-refractivity contribution >= 4 is 5.91 Å². The second-order valence-electron chi connectivity index (χ2n) is 5.45. The monoisotopic (exact) mass is 327 g/mol. The summed E-state index contributed by atoms with van der Waals surface area (Å²) in [5, 5.41) is 16.6. The number of furan rings is 1. The predicted molar refractivity (Wildman–Crippen MR) is 84.9 cm³/mol. The molecule has 0 aliphatic rings. The number of carbonyl (C=O) groups excluding carboxylic acids is 1. The third-order valence-corrected chi connectivity index (χ3v) is 3.53. The van der Waals surface area contributed by atoms with Gasteiger partial charge in [-0.1, -0.05) is 5.16 Å². The molecule has 2 N–H and O–H groups in total. The van der Waals surface area contributed by atoms with Crippen molar-refractivity contribution in [3.05, 3.63) is 60.4 Å². The number of hydrogen-bond acceptors (Lipinski definition) is 6. The van der Waals surface area contributed by atoms with Gasteiger partial charge >= 0.3 is 0 Å². The zero-order valence-electron chi connectivity index (χ0n) is 13.0. The molecule has 0 fully saturated rings. The maximum atomic E-state index is 12.2. The lowest BCUT2D eigenvalue weighted by atomic mass is 10.1. The molecular weight excluding hydrogens is 310 g/mol. The Morgan fingerprint density at radius 3 is 2.83 bits per heavy atom. The molecule has 3 aromatic heterocycles. The van der Waals surface area contributed by atoms with Crippen LogP contribution in [-0.2, 0) is 0 Å². The number of nitrogens with zero attached hydrogens (tertiary/aromatic N) is 2. The van der Waals surface area contributed by atoms with Crippen molar-refractivity contribution in [3.63, 3.8) is 0 Å². The Bertz CT molecular complexity index is 783. The van der Waals surface area contributed by atoms with Crippen molar-refractivity contribution in [1.82, 2.24) is 15.5 Å². The number of pyridine rings is 1. The van der Waals surface area contributed by atoms with Crippen molar-refractivity contribution < 1.29 is 18.8 Å². The molecule has 0 saturated heterocycles. The molecule has 0 bridgehead atoms. The van der Waals surface area contributed by atoms with Gasteiger partial charge < -0.3 is 19.4 Å². The Morgan fingerprint density at radius 2 is 2.12 bits per heavy atom. The van der Waals surface area contributed by atoms with E-state index in [9.17, 15) is 9.90 Å². The average Bonchev–Trinajstić information content (AvgIpc) is 3.27. The normalized spacial score (nSPS) is 13.4. The van der Waals surface area contributed by atoms with Crippen LogP contribution in [0.5, 0.6) is 0 Å². The lowest BCUT2D eigenvalue weighted by Crippen LogP contribution is -2.33. The molecule has 2 unspecified atom stereocenters. The van der Waals surface area contributed by atoms with Crippen molar-refractivity contribution in [2.24, 2.45) is 0 Å². The highest BCUT2D eigenvalue weighted by molar-refractivity contribution is 5.93. The SMILES string of the molecule is CC(CC(O)c1ccco1)NC(=O)c1cc(-c2ccncc2)on1. The van der Waals surface area contributed by atoms with Crippen LogP contribution in [0.1, 0.15) is 35.7 Å². The van der Waals surface area contributed by atoms with Gasteiger partial charge in [0.05, 0.1) is 6.26 Å². The fraction of sp³-hybridized carbons (Fsp3) is 0.235. The van der Waals surface area contributed by atoms with Crippen molar-refractivity contribution in [2.75, 3.05) is 0 Å². The van der Waals surface area contributed by atoms with Gasteiger partial charge in [0.15, 0.2) is 11.5 Å². The first-order valence-corrected chi connectivity index (χ1v) is 7.53. The number of nitrogens with one attached hydrogen (secondary N) is 1. The lowest BCUT2D eigenvalue weighted by molar-refractivity contribution is 0.0894. The minimum Gasteiger partial charge on any atom is -0.467 e. The molecule has 2 atom stereocenters. The molecule has 0 saturated carbocycles. The minimum atomic E-state index is -0.778. The van der Waals surface area contributed by atoms with Crippen LogP contribution in [0.3, 0.4) is 0 Å². The number of aromatic nitrogens is 2. The third kappa shape index (κ3) is 3.69. The number of aliphatic hydroxyl groups is 1. The Labute approximate surface area is 138 Å². The Balaban J connectivity index is 1.60.